The summed E-state index contributed by atoms with van der Waals surface area (Å²) in [6, 6.07) is -0.623. The summed E-state index contributed by atoms with van der Waals surface area (Å²) in [6.07, 6.45) is 55.1. The van der Waals surface area contributed by atoms with Gasteiger partial charge >= 0.3 is 17.9 Å². The molecular formula is C53H92NO7+. The topological polar surface area (TPSA) is 99.1 Å². The number of nitrogens with zero attached hydrogens (tertiary/aromatic N) is 1. The van der Waals surface area contributed by atoms with Crippen molar-refractivity contribution in [2.45, 2.75) is 206 Å². The SMILES string of the molecule is CCCCC/C=C/C=C/C=C/C=C/CCCCCCCC(=O)OCC(COCCC(C(=O)O)[N+](C)(C)C)OC(=O)CCCCCCCCCCCC/C=C/C=C/CCCCC. The lowest BCUT2D eigenvalue weighted by Gasteiger charge is -2.31. The normalized spacial score (nSPS) is 13.5. The molecule has 0 bridgehead atoms. The van der Waals surface area contributed by atoms with E-state index in [1.165, 1.54) is 96.3 Å². The molecule has 2 unspecified atom stereocenters. The average Bonchev–Trinajstić information content (AvgIpc) is 3.22. The zero-order valence-electron chi connectivity index (χ0n) is 39.8. The number of esters is 2. The summed E-state index contributed by atoms with van der Waals surface area (Å²) in [4.78, 5) is 37.1. The molecule has 0 saturated heterocycles. The van der Waals surface area contributed by atoms with Crippen molar-refractivity contribution in [1.82, 2.24) is 0 Å². The van der Waals surface area contributed by atoms with Gasteiger partial charge in [0.05, 0.1) is 34.4 Å². The summed E-state index contributed by atoms with van der Waals surface area (Å²) >= 11 is 0. The number of hydrogen-bond acceptors (Lipinski definition) is 6. The number of aliphatic carboxylic acids is 1. The maximum absolute atomic E-state index is 12.8. The first-order valence-electron chi connectivity index (χ1n) is 24.5. The van der Waals surface area contributed by atoms with Crippen molar-refractivity contribution >= 4 is 17.9 Å². The van der Waals surface area contributed by atoms with Crippen LogP contribution in [0, 0.1) is 0 Å². The third kappa shape index (κ3) is 41.9. The monoisotopic (exact) mass is 855 g/mol. The quantitative estimate of drug-likeness (QED) is 0.0282. The molecule has 8 nitrogen and oxygen atoms in total. The second kappa shape index (κ2) is 43.4. The van der Waals surface area contributed by atoms with Crippen LogP contribution in [0.4, 0.5) is 0 Å². The zero-order chi connectivity index (χ0) is 44.9. The van der Waals surface area contributed by atoms with Crippen molar-refractivity contribution in [3.8, 4) is 0 Å². The highest BCUT2D eigenvalue weighted by molar-refractivity contribution is 5.72. The number of carbonyl (C=O) groups excluding carboxylic acids is 2. The average molecular weight is 855 g/mol. The number of allylic oxidation sites excluding steroid dienone is 12. The molecule has 0 aliphatic heterocycles. The molecular weight excluding hydrogens is 763 g/mol. The number of unbranched alkanes of at least 4 members (excludes halogenated alkanes) is 21. The summed E-state index contributed by atoms with van der Waals surface area (Å²) in [5.74, 6) is -1.50. The van der Waals surface area contributed by atoms with E-state index < -0.39 is 18.1 Å². The lowest BCUT2D eigenvalue weighted by atomic mass is 10.1. The Kier molecular flexibility index (Phi) is 41.1. The zero-order valence-corrected chi connectivity index (χ0v) is 39.8. The van der Waals surface area contributed by atoms with Gasteiger partial charge in [0.1, 0.15) is 6.61 Å². The number of carbonyl (C=O) groups is 3. The predicted octanol–water partition coefficient (Wildman–Crippen LogP) is 13.9. The highest BCUT2D eigenvalue weighted by atomic mass is 16.6. The van der Waals surface area contributed by atoms with E-state index in [-0.39, 0.29) is 36.2 Å². The molecule has 0 spiro atoms. The Labute approximate surface area is 374 Å². The van der Waals surface area contributed by atoms with Crippen LogP contribution < -0.4 is 0 Å². The van der Waals surface area contributed by atoms with Gasteiger partial charge in [-0.05, 0) is 64.2 Å². The van der Waals surface area contributed by atoms with E-state index in [1.807, 2.05) is 21.1 Å². The molecule has 0 heterocycles. The first-order chi connectivity index (χ1) is 29.6. The van der Waals surface area contributed by atoms with Crippen molar-refractivity contribution in [1.29, 1.82) is 0 Å². The summed E-state index contributed by atoms with van der Waals surface area (Å²) in [5, 5.41) is 9.64. The van der Waals surface area contributed by atoms with Gasteiger partial charge in [0.15, 0.2) is 12.1 Å². The van der Waals surface area contributed by atoms with Crippen molar-refractivity contribution in [2.75, 3.05) is 41.0 Å². The lowest BCUT2D eigenvalue weighted by molar-refractivity contribution is -0.887. The molecule has 0 radical (unpaired) electrons. The molecule has 2 atom stereocenters. The third-order valence-electron chi connectivity index (χ3n) is 10.7. The summed E-state index contributed by atoms with van der Waals surface area (Å²) in [6.45, 7) is 4.64. The maximum atomic E-state index is 12.8. The van der Waals surface area contributed by atoms with Crippen LogP contribution >= 0.6 is 0 Å². The highest BCUT2D eigenvalue weighted by Gasteiger charge is 2.31. The van der Waals surface area contributed by atoms with E-state index >= 15 is 0 Å². The number of carboxylic acids is 1. The van der Waals surface area contributed by atoms with Gasteiger partial charge < -0.3 is 23.8 Å². The van der Waals surface area contributed by atoms with Crippen LogP contribution in [0.5, 0.6) is 0 Å². The first kappa shape index (κ1) is 57.8. The molecule has 0 aliphatic carbocycles. The number of carboxylic acid groups (broad SMARTS) is 1. The number of ether oxygens (including phenoxy) is 3. The Bertz CT molecular complexity index is 1230. The fourth-order valence-corrected chi connectivity index (χ4v) is 6.86. The maximum Gasteiger partial charge on any atom is 0.362 e. The van der Waals surface area contributed by atoms with E-state index in [0.717, 1.165) is 64.2 Å². The molecule has 0 aromatic carbocycles. The number of likely N-dealkylation sites (N-methyl/N-ethyl adjacent to an activating group) is 1. The van der Waals surface area contributed by atoms with Gasteiger partial charge in [0.25, 0.3) is 0 Å². The van der Waals surface area contributed by atoms with E-state index in [9.17, 15) is 19.5 Å². The highest BCUT2D eigenvalue weighted by Crippen LogP contribution is 2.14. The Balaban J connectivity index is 4.35. The Morgan fingerprint density at radius 3 is 1.30 bits per heavy atom. The lowest BCUT2D eigenvalue weighted by Crippen LogP contribution is -2.50. The van der Waals surface area contributed by atoms with Gasteiger partial charge in [0, 0.05) is 19.3 Å². The minimum absolute atomic E-state index is 0.0488. The van der Waals surface area contributed by atoms with Crippen LogP contribution in [0.25, 0.3) is 0 Å². The summed E-state index contributed by atoms with van der Waals surface area (Å²) in [5.41, 5.74) is 0. The van der Waals surface area contributed by atoms with Crippen LogP contribution in [0.15, 0.2) is 72.9 Å². The molecule has 0 aromatic rings. The first-order valence-corrected chi connectivity index (χ1v) is 24.5. The molecule has 0 saturated carbocycles. The minimum Gasteiger partial charge on any atom is -0.477 e. The fraction of sp³-hybridized carbons (Fsp3) is 0.717. The molecule has 0 rings (SSSR count). The largest absolute Gasteiger partial charge is 0.477 e. The molecule has 350 valence electrons. The Morgan fingerprint density at radius 2 is 0.869 bits per heavy atom. The van der Waals surface area contributed by atoms with Crippen molar-refractivity contribution in [3.63, 3.8) is 0 Å². The number of quaternary nitrogens is 1. The van der Waals surface area contributed by atoms with Crippen molar-refractivity contribution < 1.29 is 38.2 Å². The van der Waals surface area contributed by atoms with Crippen molar-refractivity contribution in [3.05, 3.63) is 72.9 Å². The molecule has 8 heteroatoms. The predicted molar refractivity (Wildman–Crippen MR) is 257 cm³/mol. The molecule has 0 fully saturated rings. The third-order valence-corrected chi connectivity index (χ3v) is 10.7. The molecule has 0 aliphatic rings. The molecule has 0 amide bonds. The van der Waals surface area contributed by atoms with Gasteiger partial charge in [-0.15, -0.1) is 0 Å². The van der Waals surface area contributed by atoms with E-state index in [1.54, 1.807) is 0 Å². The van der Waals surface area contributed by atoms with Crippen LogP contribution in [0.3, 0.4) is 0 Å². The van der Waals surface area contributed by atoms with Crippen LogP contribution in [0.1, 0.15) is 194 Å². The number of rotatable bonds is 43. The van der Waals surface area contributed by atoms with E-state index in [0.29, 0.717) is 19.3 Å². The second-order valence-corrected chi connectivity index (χ2v) is 17.5. The van der Waals surface area contributed by atoms with Crippen LogP contribution in [-0.2, 0) is 28.6 Å². The van der Waals surface area contributed by atoms with Crippen LogP contribution in [0.2, 0.25) is 0 Å². The molecule has 61 heavy (non-hydrogen) atoms. The van der Waals surface area contributed by atoms with E-state index in [4.69, 9.17) is 14.2 Å². The van der Waals surface area contributed by atoms with Gasteiger partial charge in [-0.25, -0.2) is 4.79 Å². The van der Waals surface area contributed by atoms with Crippen molar-refractivity contribution in [2.24, 2.45) is 0 Å². The molecule has 1 N–H and O–H groups in total. The Hall–Kier alpha value is -3.23. The standard InChI is InChI=1S/C53H91NO7/c1-6-8-10-12-14-16-18-20-22-24-26-28-30-32-34-36-38-40-42-44-52(56)61-49(47-59-46-45-50(53(57)58)54(3,4)5)48-60-51(55)43-41-39-37-35-33-31-29-27-25-23-21-19-17-15-13-11-9-7-2/h14-21,23,25,27,29,49-50H,6-13,22,24,26,28,30-48H2,1-5H3/p+1/b16-14+,17-15+,20-18+,21-19+,25-23+,29-27+. The van der Waals surface area contributed by atoms with Crippen LogP contribution in [-0.4, -0.2) is 80.6 Å². The summed E-state index contributed by atoms with van der Waals surface area (Å²) in [7, 11) is 5.52. The smallest absolute Gasteiger partial charge is 0.362 e. The van der Waals surface area contributed by atoms with Gasteiger partial charge in [-0.2, -0.15) is 0 Å². The van der Waals surface area contributed by atoms with Gasteiger partial charge in [-0.1, -0.05) is 183 Å². The van der Waals surface area contributed by atoms with Gasteiger partial charge in [0.2, 0.25) is 0 Å². The Morgan fingerprint density at radius 1 is 0.492 bits per heavy atom. The van der Waals surface area contributed by atoms with Gasteiger partial charge in [-0.3, -0.25) is 9.59 Å². The second-order valence-electron chi connectivity index (χ2n) is 17.5. The number of hydrogen-bond donors (Lipinski definition) is 1. The van der Waals surface area contributed by atoms with E-state index in [2.05, 4.69) is 86.8 Å². The molecule has 0 aromatic heterocycles. The fourth-order valence-electron chi connectivity index (χ4n) is 6.86. The minimum atomic E-state index is -0.881. The summed E-state index contributed by atoms with van der Waals surface area (Å²) < 4.78 is 17.3.